The van der Waals surface area contributed by atoms with Gasteiger partial charge in [0.2, 0.25) is 11.8 Å². The van der Waals surface area contributed by atoms with Crippen molar-refractivity contribution < 1.29 is 9.59 Å². The van der Waals surface area contributed by atoms with E-state index in [-0.39, 0.29) is 17.9 Å². The molecule has 2 atom stereocenters. The highest BCUT2D eigenvalue weighted by atomic mass is 16.2. The minimum absolute atomic E-state index is 0.0401. The van der Waals surface area contributed by atoms with E-state index in [0.29, 0.717) is 19.5 Å². The lowest BCUT2D eigenvalue weighted by Gasteiger charge is -2.21. The summed E-state index contributed by atoms with van der Waals surface area (Å²) in [6.45, 7) is 2.71. The zero-order chi connectivity index (χ0) is 14.5. The lowest BCUT2D eigenvalue weighted by Crippen LogP contribution is -2.45. The van der Waals surface area contributed by atoms with Gasteiger partial charge in [-0.05, 0) is 18.4 Å². The minimum Gasteiger partial charge on any atom is -0.352 e. The summed E-state index contributed by atoms with van der Waals surface area (Å²) in [7, 11) is 0. The van der Waals surface area contributed by atoms with Crippen LogP contribution in [0.3, 0.4) is 0 Å². The lowest BCUT2D eigenvalue weighted by atomic mass is 10.1. The van der Waals surface area contributed by atoms with Crippen molar-refractivity contribution in [1.29, 1.82) is 0 Å². The van der Waals surface area contributed by atoms with E-state index in [1.165, 1.54) is 6.92 Å². The van der Waals surface area contributed by atoms with E-state index in [9.17, 15) is 9.59 Å². The summed E-state index contributed by atoms with van der Waals surface area (Å²) in [5.74, 6) is -0.0976. The monoisotopic (exact) mass is 275 g/mol. The van der Waals surface area contributed by atoms with Crippen LogP contribution in [0.25, 0.3) is 0 Å². The summed E-state index contributed by atoms with van der Waals surface area (Å²) in [4.78, 5) is 25.0. The Morgan fingerprint density at radius 3 is 2.75 bits per heavy atom. The predicted molar refractivity (Wildman–Crippen MR) is 76.9 cm³/mol. The van der Waals surface area contributed by atoms with Crippen LogP contribution in [0.5, 0.6) is 0 Å². The van der Waals surface area contributed by atoms with Crippen molar-refractivity contribution in [2.45, 2.75) is 31.8 Å². The van der Waals surface area contributed by atoms with Crippen LogP contribution < -0.4 is 11.1 Å². The number of hydrogen-bond donors (Lipinski definition) is 2. The van der Waals surface area contributed by atoms with Crippen molar-refractivity contribution >= 4 is 11.8 Å². The number of nitrogens with one attached hydrogen (secondary N) is 1. The molecule has 1 aromatic rings. The van der Waals surface area contributed by atoms with Crippen LogP contribution in [0.2, 0.25) is 0 Å². The number of carbonyl (C=O) groups excluding carboxylic acids is 2. The van der Waals surface area contributed by atoms with Crippen LogP contribution in [0.4, 0.5) is 0 Å². The Kier molecular flexibility index (Phi) is 4.74. The number of rotatable bonds is 4. The van der Waals surface area contributed by atoms with Gasteiger partial charge in [-0.1, -0.05) is 30.3 Å². The number of carbonyl (C=O) groups is 2. The number of benzene rings is 1. The Hall–Kier alpha value is -1.88. The molecule has 2 amide bonds. The number of nitrogens with zero attached hydrogens (tertiary/aromatic N) is 1. The second-order valence-corrected chi connectivity index (χ2v) is 5.27. The van der Waals surface area contributed by atoms with Crippen molar-refractivity contribution in [3.8, 4) is 0 Å². The molecule has 3 N–H and O–H groups in total. The highest BCUT2D eigenvalue weighted by Crippen LogP contribution is 2.12. The predicted octanol–water partition coefficient (Wildman–Crippen LogP) is 0.293. The molecule has 1 saturated heterocycles. The standard InChI is InChI=1S/C15H21N3O2/c1-11(19)17-13-7-8-18(10-13)15(20)14(16)9-12-5-3-2-4-6-12/h2-6,13-14H,7-10,16H2,1H3,(H,17,19)/t13?,14-/m0/s1. The maximum atomic E-state index is 12.3. The van der Waals surface area contributed by atoms with Gasteiger partial charge in [-0.2, -0.15) is 0 Å². The molecule has 0 spiro atoms. The molecule has 108 valence electrons. The van der Waals surface area contributed by atoms with Crippen molar-refractivity contribution in [3.05, 3.63) is 35.9 Å². The average molecular weight is 275 g/mol. The quantitative estimate of drug-likeness (QED) is 0.829. The van der Waals surface area contributed by atoms with Crippen molar-refractivity contribution in [3.63, 3.8) is 0 Å². The van der Waals surface area contributed by atoms with Gasteiger partial charge in [0, 0.05) is 26.1 Å². The van der Waals surface area contributed by atoms with Gasteiger partial charge in [-0.25, -0.2) is 0 Å². The Morgan fingerprint density at radius 1 is 1.40 bits per heavy atom. The van der Waals surface area contributed by atoms with Crippen LogP contribution in [0.15, 0.2) is 30.3 Å². The van der Waals surface area contributed by atoms with Gasteiger partial charge >= 0.3 is 0 Å². The summed E-state index contributed by atoms with van der Waals surface area (Å²) < 4.78 is 0. The molecule has 5 heteroatoms. The third-order valence-corrected chi connectivity index (χ3v) is 3.52. The van der Waals surface area contributed by atoms with Crippen LogP contribution in [0, 0.1) is 0 Å². The minimum atomic E-state index is -0.520. The van der Waals surface area contributed by atoms with Crippen LogP contribution in [-0.4, -0.2) is 41.9 Å². The number of hydrogen-bond acceptors (Lipinski definition) is 3. The fourth-order valence-electron chi connectivity index (χ4n) is 2.56. The molecule has 0 aliphatic carbocycles. The SMILES string of the molecule is CC(=O)NC1CCN(C(=O)[C@@H](N)Cc2ccccc2)C1. The van der Waals surface area contributed by atoms with Crippen LogP contribution >= 0.6 is 0 Å². The highest BCUT2D eigenvalue weighted by Gasteiger charge is 2.29. The first-order valence-electron chi connectivity index (χ1n) is 6.91. The molecule has 1 unspecified atom stereocenters. The van der Waals surface area contributed by atoms with Gasteiger partial charge in [0.05, 0.1) is 6.04 Å². The molecular weight excluding hydrogens is 254 g/mol. The average Bonchev–Trinajstić information content (AvgIpc) is 2.86. The van der Waals surface area contributed by atoms with Crippen molar-refractivity contribution in [2.75, 3.05) is 13.1 Å². The number of amides is 2. The highest BCUT2D eigenvalue weighted by molar-refractivity contribution is 5.82. The summed E-state index contributed by atoms with van der Waals surface area (Å²) in [6, 6.07) is 9.29. The number of likely N-dealkylation sites (tertiary alicyclic amines) is 1. The first-order chi connectivity index (χ1) is 9.56. The van der Waals surface area contributed by atoms with Gasteiger partial charge in [0.1, 0.15) is 0 Å². The zero-order valence-electron chi connectivity index (χ0n) is 11.7. The number of nitrogens with two attached hydrogens (primary N) is 1. The summed E-state index contributed by atoms with van der Waals surface area (Å²) in [5, 5.41) is 2.84. The zero-order valence-corrected chi connectivity index (χ0v) is 11.7. The van der Waals surface area contributed by atoms with Crippen molar-refractivity contribution in [1.82, 2.24) is 10.2 Å². The molecule has 5 nitrogen and oxygen atoms in total. The second-order valence-electron chi connectivity index (χ2n) is 5.27. The van der Waals surface area contributed by atoms with Gasteiger partial charge in [0.25, 0.3) is 0 Å². The van der Waals surface area contributed by atoms with E-state index in [1.54, 1.807) is 4.90 Å². The molecule has 2 rings (SSSR count). The molecular formula is C15H21N3O2. The maximum absolute atomic E-state index is 12.3. The lowest BCUT2D eigenvalue weighted by molar-refractivity contribution is -0.131. The second kappa shape index (κ2) is 6.52. The Morgan fingerprint density at radius 2 is 2.10 bits per heavy atom. The third kappa shape index (κ3) is 3.81. The Bertz CT molecular complexity index is 475. The Balaban J connectivity index is 1.87. The molecule has 0 radical (unpaired) electrons. The van der Waals surface area contributed by atoms with Gasteiger partial charge in [-0.15, -0.1) is 0 Å². The summed E-state index contributed by atoms with van der Waals surface area (Å²) >= 11 is 0. The molecule has 1 heterocycles. The van der Waals surface area contributed by atoms with E-state index in [2.05, 4.69) is 5.32 Å². The normalized spacial score (nSPS) is 19.7. The third-order valence-electron chi connectivity index (χ3n) is 3.52. The van der Waals surface area contributed by atoms with E-state index in [1.807, 2.05) is 30.3 Å². The van der Waals surface area contributed by atoms with Gasteiger partial charge in [0.15, 0.2) is 0 Å². The van der Waals surface area contributed by atoms with Crippen LogP contribution in [-0.2, 0) is 16.0 Å². The van der Waals surface area contributed by atoms with Gasteiger partial charge in [-0.3, -0.25) is 9.59 Å². The first-order valence-corrected chi connectivity index (χ1v) is 6.91. The fourth-order valence-corrected chi connectivity index (χ4v) is 2.56. The molecule has 0 bridgehead atoms. The van der Waals surface area contributed by atoms with Crippen molar-refractivity contribution in [2.24, 2.45) is 5.73 Å². The molecule has 0 aromatic heterocycles. The molecule has 20 heavy (non-hydrogen) atoms. The first kappa shape index (κ1) is 14.5. The van der Waals surface area contributed by atoms with E-state index >= 15 is 0 Å². The summed E-state index contributed by atoms with van der Waals surface area (Å²) in [6.07, 6.45) is 1.34. The molecule has 1 aliphatic heterocycles. The smallest absolute Gasteiger partial charge is 0.239 e. The van der Waals surface area contributed by atoms with Crippen LogP contribution in [0.1, 0.15) is 18.9 Å². The van der Waals surface area contributed by atoms with E-state index < -0.39 is 6.04 Å². The topological polar surface area (TPSA) is 75.4 Å². The molecule has 0 saturated carbocycles. The molecule has 1 fully saturated rings. The molecule has 1 aliphatic rings. The largest absolute Gasteiger partial charge is 0.352 e. The van der Waals surface area contributed by atoms with Gasteiger partial charge < -0.3 is 16.0 Å². The van der Waals surface area contributed by atoms with E-state index in [0.717, 1.165) is 12.0 Å². The fraction of sp³-hybridized carbons (Fsp3) is 0.467. The molecule has 1 aromatic carbocycles. The summed E-state index contributed by atoms with van der Waals surface area (Å²) in [5.41, 5.74) is 7.06. The Labute approximate surface area is 119 Å². The van der Waals surface area contributed by atoms with E-state index in [4.69, 9.17) is 5.73 Å². The maximum Gasteiger partial charge on any atom is 0.239 e.